The van der Waals surface area contributed by atoms with Crippen LogP contribution in [0.15, 0.2) is 35.0 Å². The Bertz CT molecular complexity index is 321. The minimum atomic E-state index is 0. The SMILES string of the molecule is C[n+]1cc2ccccc2o1.[OH-]. The first kappa shape index (κ1) is 7.75. The maximum atomic E-state index is 5.28. The molecule has 0 aliphatic carbocycles. The number of hydrogen-bond acceptors (Lipinski definition) is 2. The molecule has 3 nitrogen and oxygen atoms in total. The highest BCUT2D eigenvalue weighted by molar-refractivity contribution is 5.74. The van der Waals surface area contributed by atoms with Crippen molar-refractivity contribution in [2.75, 3.05) is 0 Å². The summed E-state index contributed by atoms with van der Waals surface area (Å²) in [5.41, 5.74) is 0.935. The first-order valence-electron chi connectivity index (χ1n) is 3.21. The zero-order valence-electron chi connectivity index (χ0n) is 6.19. The number of nitrogens with zero attached hydrogens (tertiary/aromatic N) is 1. The largest absolute Gasteiger partial charge is 0.870 e. The number of benzene rings is 1. The van der Waals surface area contributed by atoms with Gasteiger partial charge in [0.05, 0.1) is 5.39 Å². The van der Waals surface area contributed by atoms with Gasteiger partial charge in [0.1, 0.15) is 0 Å². The molecule has 0 bridgehead atoms. The lowest BCUT2D eigenvalue weighted by Gasteiger charge is -1.75. The second kappa shape index (κ2) is 2.72. The number of fused-ring (bicyclic) bond motifs is 1. The fourth-order valence-electron chi connectivity index (χ4n) is 1.05. The standard InChI is InChI=1S/C8H8NO.H2O/c1-9-6-7-4-2-3-5-8(7)10-9;/h2-6H,1H3;1H2/q+1;/p-1. The number of hydrogen-bond donors (Lipinski definition) is 0. The van der Waals surface area contributed by atoms with Crippen LogP contribution in [0.25, 0.3) is 11.0 Å². The van der Waals surface area contributed by atoms with Crippen molar-refractivity contribution in [3.05, 3.63) is 30.5 Å². The van der Waals surface area contributed by atoms with E-state index in [-0.39, 0.29) is 5.48 Å². The van der Waals surface area contributed by atoms with E-state index in [2.05, 4.69) is 0 Å². The van der Waals surface area contributed by atoms with Gasteiger partial charge in [0.25, 0.3) is 0 Å². The van der Waals surface area contributed by atoms with Crippen LogP contribution in [0.2, 0.25) is 0 Å². The topological polar surface area (TPSA) is 47.0 Å². The molecule has 0 spiro atoms. The Labute approximate surface area is 64.1 Å². The molecule has 0 unspecified atom stereocenters. The van der Waals surface area contributed by atoms with Crippen molar-refractivity contribution in [3.8, 4) is 0 Å². The van der Waals surface area contributed by atoms with Crippen LogP contribution in [-0.4, -0.2) is 5.48 Å². The maximum absolute atomic E-state index is 5.28. The summed E-state index contributed by atoms with van der Waals surface area (Å²) in [7, 11) is 1.88. The average molecular weight is 151 g/mol. The predicted molar refractivity (Wildman–Crippen MR) is 39.3 cm³/mol. The molecule has 3 heteroatoms. The van der Waals surface area contributed by atoms with E-state index in [1.165, 1.54) is 0 Å². The maximum Gasteiger partial charge on any atom is 0.227 e. The summed E-state index contributed by atoms with van der Waals surface area (Å²) in [5, 5.41) is 1.14. The Kier molecular flexibility index (Phi) is 1.92. The first-order valence-corrected chi connectivity index (χ1v) is 3.21. The molecule has 1 aromatic carbocycles. The third-order valence-corrected chi connectivity index (χ3v) is 1.48. The van der Waals surface area contributed by atoms with E-state index in [1.54, 1.807) is 4.74 Å². The van der Waals surface area contributed by atoms with Crippen molar-refractivity contribution in [1.82, 2.24) is 0 Å². The van der Waals surface area contributed by atoms with Crippen LogP contribution in [0, 0.1) is 0 Å². The zero-order valence-corrected chi connectivity index (χ0v) is 6.19. The Morgan fingerprint density at radius 2 is 2.00 bits per heavy atom. The molecule has 1 heterocycles. The molecule has 0 saturated carbocycles. The van der Waals surface area contributed by atoms with Crippen LogP contribution in [-0.2, 0) is 7.05 Å². The Morgan fingerprint density at radius 3 is 2.73 bits per heavy atom. The lowest BCUT2D eigenvalue weighted by Crippen LogP contribution is -2.22. The molecule has 0 aliphatic rings. The molecule has 0 saturated heterocycles. The highest BCUT2D eigenvalue weighted by Crippen LogP contribution is 2.09. The zero-order chi connectivity index (χ0) is 6.97. The third kappa shape index (κ3) is 1.23. The minimum absolute atomic E-state index is 0. The summed E-state index contributed by atoms with van der Waals surface area (Å²) >= 11 is 0. The number of rotatable bonds is 0. The molecule has 0 atom stereocenters. The molecular weight excluding hydrogens is 142 g/mol. The van der Waals surface area contributed by atoms with Crippen molar-refractivity contribution in [2.24, 2.45) is 7.05 Å². The quantitative estimate of drug-likeness (QED) is 0.529. The summed E-state index contributed by atoms with van der Waals surface area (Å²) in [6.07, 6.45) is 1.95. The van der Waals surface area contributed by atoms with Crippen molar-refractivity contribution < 1.29 is 14.7 Å². The number of aromatic nitrogens is 1. The first-order chi connectivity index (χ1) is 4.86. The Balaban J connectivity index is 0.000000605. The fourth-order valence-corrected chi connectivity index (χ4v) is 1.05. The second-order valence-electron chi connectivity index (χ2n) is 2.30. The molecule has 1 aromatic heterocycles. The van der Waals surface area contributed by atoms with Crippen LogP contribution in [0.1, 0.15) is 0 Å². The molecule has 2 rings (SSSR count). The Hall–Kier alpha value is -1.35. The van der Waals surface area contributed by atoms with Gasteiger partial charge in [-0.3, -0.25) is 0 Å². The van der Waals surface area contributed by atoms with E-state index in [0.717, 1.165) is 11.0 Å². The highest BCUT2D eigenvalue weighted by Gasteiger charge is 2.02. The Morgan fingerprint density at radius 1 is 1.27 bits per heavy atom. The summed E-state index contributed by atoms with van der Waals surface area (Å²) in [4.78, 5) is 0. The lowest BCUT2D eigenvalue weighted by atomic mass is 10.3. The molecule has 0 fully saturated rings. The highest BCUT2D eigenvalue weighted by atomic mass is 16.5. The molecular formula is C8H9NO2. The summed E-state index contributed by atoms with van der Waals surface area (Å²) < 4.78 is 6.98. The van der Waals surface area contributed by atoms with Gasteiger partial charge in [0, 0.05) is 0 Å². The molecule has 0 aliphatic heterocycles. The molecule has 2 aromatic rings. The second-order valence-corrected chi connectivity index (χ2v) is 2.30. The van der Waals surface area contributed by atoms with Crippen LogP contribution in [0.4, 0.5) is 0 Å². The smallest absolute Gasteiger partial charge is 0.227 e. The van der Waals surface area contributed by atoms with E-state index in [0.29, 0.717) is 0 Å². The third-order valence-electron chi connectivity index (χ3n) is 1.48. The van der Waals surface area contributed by atoms with Gasteiger partial charge in [0.15, 0.2) is 7.05 Å². The van der Waals surface area contributed by atoms with Crippen molar-refractivity contribution >= 4 is 11.0 Å². The van der Waals surface area contributed by atoms with E-state index in [4.69, 9.17) is 4.52 Å². The van der Waals surface area contributed by atoms with E-state index < -0.39 is 0 Å². The summed E-state index contributed by atoms with van der Waals surface area (Å²) in [6.45, 7) is 0. The van der Waals surface area contributed by atoms with Gasteiger partial charge in [-0.25, -0.2) is 4.52 Å². The molecule has 0 radical (unpaired) electrons. The molecule has 11 heavy (non-hydrogen) atoms. The number of aryl methyl sites for hydroxylation is 1. The van der Waals surface area contributed by atoms with Crippen molar-refractivity contribution in [1.29, 1.82) is 0 Å². The van der Waals surface area contributed by atoms with Crippen LogP contribution >= 0.6 is 0 Å². The van der Waals surface area contributed by atoms with Crippen molar-refractivity contribution in [3.63, 3.8) is 0 Å². The van der Waals surface area contributed by atoms with E-state index >= 15 is 0 Å². The average Bonchev–Trinajstić information content (AvgIpc) is 2.27. The van der Waals surface area contributed by atoms with Gasteiger partial charge in [-0.15, -0.1) is 0 Å². The summed E-state index contributed by atoms with van der Waals surface area (Å²) in [6, 6.07) is 7.94. The lowest BCUT2D eigenvalue weighted by molar-refractivity contribution is -0.841. The minimum Gasteiger partial charge on any atom is -0.870 e. The fraction of sp³-hybridized carbons (Fsp3) is 0.125. The molecule has 0 amide bonds. The van der Waals surface area contributed by atoms with Crippen molar-refractivity contribution in [2.45, 2.75) is 0 Å². The van der Waals surface area contributed by atoms with Gasteiger partial charge in [0.2, 0.25) is 11.8 Å². The van der Waals surface area contributed by atoms with Gasteiger partial charge < -0.3 is 5.48 Å². The monoisotopic (exact) mass is 151 g/mol. The normalized spacial score (nSPS) is 9.55. The van der Waals surface area contributed by atoms with Crippen LogP contribution in [0.3, 0.4) is 0 Å². The molecule has 1 N–H and O–H groups in total. The van der Waals surface area contributed by atoms with Crippen LogP contribution in [0.5, 0.6) is 0 Å². The van der Waals surface area contributed by atoms with Crippen LogP contribution < -0.4 is 4.74 Å². The van der Waals surface area contributed by atoms with Gasteiger partial charge >= 0.3 is 0 Å². The number of para-hydroxylation sites is 1. The van der Waals surface area contributed by atoms with Gasteiger partial charge in [-0.2, -0.15) is 0 Å². The summed E-state index contributed by atoms with van der Waals surface area (Å²) in [5.74, 6) is 0. The predicted octanol–water partition coefficient (Wildman–Crippen LogP) is 1.08. The van der Waals surface area contributed by atoms with Gasteiger partial charge in [-0.05, 0) is 16.9 Å². The van der Waals surface area contributed by atoms with Gasteiger partial charge in [-0.1, -0.05) is 12.1 Å². The van der Waals surface area contributed by atoms with E-state index in [9.17, 15) is 0 Å². The molecule has 58 valence electrons. The van der Waals surface area contributed by atoms with E-state index in [1.807, 2.05) is 37.5 Å².